The number of carbonyl (C=O) groups is 1. The van der Waals surface area contributed by atoms with E-state index in [9.17, 15) is 31.1 Å². The fourth-order valence-corrected chi connectivity index (χ4v) is 3.41. The minimum absolute atomic E-state index is 0.0570. The molecule has 200 valence electrons. The quantitative estimate of drug-likeness (QED) is 0.419. The van der Waals surface area contributed by atoms with Gasteiger partial charge in [-0.05, 0) is 28.7 Å². The van der Waals surface area contributed by atoms with Crippen molar-refractivity contribution >= 4 is 5.91 Å². The smallest absolute Gasteiger partial charge is 0.422 e. The predicted octanol–water partition coefficient (Wildman–Crippen LogP) is 4.92. The summed E-state index contributed by atoms with van der Waals surface area (Å²) >= 11 is 0. The topological polar surface area (TPSA) is 81.9 Å². The van der Waals surface area contributed by atoms with E-state index in [4.69, 9.17) is 0 Å². The fraction of sp³-hybridized carbons (Fsp3) is 0.417. The average molecular weight is 529 g/mol. The molecule has 0 bridgehead atoms. The average Bonchev–Trinajstić information content (AvgIpc) is 3.22. The molecule has 1 atom stereocenters. The first-order valence-electron chi connectivity index (χ1n) is 11.1. The van der Waals surface area contributed by atoms with Crippen LogP contribution < -0.4 is 10.1 Å². The van der Waals surface area contributed by atoms with Crippen LogP contribution in [0.1, 0.15) is 49.3 Å². The summed E-state index contributed by atoms with van der Waals surface area (Å²) in [6.45, 7) is 3.14. The highest BCUT2D eigenvalue weighted by Crippen LogP contribution is 2.26. The lowest BCUT2D eigenvalue weighted by molar-refractivity contribution is -0.153. The van der Waals surface area contributed by atoms with Crippen LogP contribution in [0.2, 0.25) is 0 Å². The van der Waals surface area contributed by atoms with Crippen molar-refractivity contribution in [2.24, 2.45) is 0 Å². The van der Waals surface area contributed by atoms with E-state index < -0.39 is 37.5 Å². The second-order valence-corrected chi connectivity index (χ2v) is 9.38. The highest BCUT2D eigenvalue weighted by molar-refractivity contribution is 5.79. The van der Waals surface area contributed by atoms with Gasteiger partial charge in [-0.3, -0.25) is 9.78 Å². The van der Waals surface area contributed by atoms with E-state index in [1.54, 1.807) is 12.1 Å². The molecule has 1 unspecified atom stereocenters. The van der Waals surface area contributed by atoms with Gasteiger partial charge in [0.2, 0.25) is 5.91 Å². The Morgan fingerprint density at radius 1 is 0.973 bits per heavy atom. The Kier molecular flexibility index (Phi) is 8.13. The van der Waals surface area contributed by atoms with Gasteiger partial charge in [-0.25, -0.2) is 4.68 Å². The number of carbonyl (C=O) groups excluding carboxylic acids is 1. The fourth-order valence-electron chi connectivity index (χ4n) is 3.41. The van der Waals surface area contributed by atoms with Gasteiger partial charge in [0.1, 0.15) is 18.3 Å². The summed E-state index contributed by atoms with van der Waals surface area (Å²) in [7, 11) is 0. The van der Waals surface area contributed by atoms with Crippen molar-refractivity contribution < 1.29 is 35.9 Å². The molecule has 13 heteroatoms. The lowest BCUT2D eigenvalue weighted by atomic mass is 9.86. The Bertz CT molecular complexity index is 1180. The molecule has 1 amide bonds. The molecular formula is C24H25F6N5O2. The molecular weight excluding hydrogens is 504 g/mol. The molecule has 0 saturated heterocycles. The Labute approximate surface area is 208 Å². The van der Waals surface area contributed by atoms with Crippen LogP contribution >= 0.6 is 0 Å². The monoisotopic (exact) mass is 529 g/mol. The molecule has 1 N–H and O–H groups in total. The number of nitrogens with one attached hydrogen (secondary N) is 1. The lowest BCUT2D eigenvalue weighted by Crippen LogP contribution is -2.33. The summed E-state index contributed by atoms with van der Waals surface area (Å²) in [6.07, 6.45) is -7.20. The van der Waals surface area contributed by atoms with Crippen LogP contribution in [-0.4, -0.2) is 44.8 Å². The van der Waals surface area contributed by atoms with Gasteiger partial charge in [0.05, 0.1) is 30.2 Å². The first-order valence-corrected chi connectivity index (χ1v) is 11.1. The third-order valence-corrected chi connectivity index (χ3v) is 5.22. The minimum Gasteiger partial charge on any atom is -0.483 e. The second-order valence-electron chi connectivity index (χ2n) is 9.38. The molecule has 7 nitrogen and oxygen atoms in total. The summed E-state index contributed by atoms with van der Waals surface area (Å²) in [5, 5.41) is 9.64. The standard InChI is InChI=1S/C24H25F6N5O2/c1-22(2,3)16-6-4-15(5-7-16)10-20(36)33-21(19-12-32-34-35(19)13-23(25,26)27)18-9-8-17(11-31-18)37-14-24(28,29)30/h4-9,11-12,21H,10,13-14H2,1-3H3,(H,33,36). The molecule has 3 rings (SSSR count). The van der Waals surface area contributed by atoms with Gasteiger partial charge in [0.25, 0.3) is 0 Å². The number of rotatable bonds is 8. The third kappa shape index (κ3) is 8.46. The van der Waals surface area contributed by atoms with Gasteiger partial charge in [-0.15, -0.1) is 5.10 Å². The normalized spacial score (nSPS) is 13.3. The van der Waals surface area contributed by atoms with Gasteiger partial charge < -0.3 is 10.1 Å². The summed E-state index contributed by atoms with van der Waals surface area (Å²) in [5.41, 5.74) is 1.60. The molecule has 2 aromatic heterocycles. The number of alkyl halides is 6. The van der Waals surface area contributed by atoms with Crippen molar-refractivity contribution in [2.75, 3.05) is 6.61 Å². The maximum atomic E-state index is 13.1. The van der Waals surface area contributed by atoms with E-state index in [-0.39, 0.29) is 29.0 Å². The molecule has 37 heavy (non-hydrogen) atoms. The van der Waals surface area contributed by atoms with E-state index >= 15 is 0 Å². The van der Waals surface area contributed by atoms with Crippen LogP contribution in [0.3, 0.4) is 0 Å². The molecule has 0 aliphatic heterocycles. The number of benzene rings is 1. The van der Waals surface area contributed by atoms with Crippen molar-refractivity contribution in [1.82, 2.24) is 25.3 Å². The summed E-state index contributed by atoms with van der Waals surface area (Å²) in [6, 6.07) is 8.57. The van der Waals surface area contributed by atoms with Crippen LogP contribution in [0.4, 0.5) is 26.3 Å². The van der Waals surface area contributed by atoms with Crippen LogP contribution in [0.15, 0.2) is 48.8 Å². The lowest BCUT2D eigenvalue weighted by Gasteiger charge is -2.21. The number of nitrogens with zero attached hydrogens (tertiary/aromatic N) is 4. The number of hydrogen-bond donors (Lipinski definition) is 1. The van der Waals surface area contributed by atoms with Crippen LogP contribution in [0.25, 0.3) is 0 Å². The molecule has 3 aromatic rings. The zero-order valence-corrected chi connectivity index (χ0v) is 20.2. The van der Waals surface area contributed by atoms with E-state index in [2.05, 4.69) is 25.3 Å². The van der Waals surface area contributed by atoms with E-state index in [1.165, 1.54) is 12.1 Å². The van der Waals surface area contributed by atoms with Crippen molar-refractivity contribution in [2.45, 2.75) is 57.5 Å². The summed E-state index contributed by atoms with van der Waals surface area (Å²) < 4.78 is 81.6. The number of pyridine rings is 1. The van der Waals surface area contributed by atoms with Crippen molar-refractivity contribution in [3.8, 4) is 5.75 Å². The molecule has 0 saturated carbocycles. The first-order chi connectivity index (χ1) is 17.1. The maximum Gasteiger partial charge on any atom is 0.422 e. The van der Waals surface area contributed by atoms with Gasteiger partial charge in [0, 0.05) is 0 Å². The molecule has 1 aromatic carbocycles. The van der Waals surface area contributed by atoms with Crippen molar-refractivity contribution in [1.29, 1.82) is 0 Å². The molecule has 0 spiro atoms. The number of amides is 1. The van der Waals surface area contributed by atoms with Crippen LogP contribution in [-0.2, 0) is 23.2 Å². The van der Waals surface area contributed by atoms with E-state index in [0.717, 1.165) is 18.0 Å². The van der Waals surface area contributed by atoms with Gasteiger partial charge >= 0.3 is 12.4 Å². The van der Waals surface area contributed by atoms with Gasteiger partial charge in [-0.1, -0.05) is 50.3 Å². The number of ether oxygens (including phenoxy) is 1. The zero-order chi connectivity index (χ0) is 27.4. The largest absolute Gasteiger partial charge is 0.483 e. The van der Waals surface area contributed by atoms with Gasteiger partial charge in [-0.2, -0.15) is 26.3 Å². The minimum atomic E-state index is -4.62. The molecule has 0 aliphatic carbocycles. The number of hydrogen-bond acceptors (Lipinski definition) is 5. The SMILES string of the molecule is CC(C)(C)c1ccc(CC(=O)NC(c2ccc(OCC(F)(F)F)cn2)c2cnnn2CC(F)(F)F)cc1. The Morgan fingerprint density at radius 2 is 1.65 bits per heavy atom. The van der Waals surface area contributed by atoms with Crippen molar-refractivity contribution in [3.63, 3.8) is 0 Å². The molecule has 2 heterocycles. The highest BCUT2D eigenvalue weighted by atomic mass is 19.4. The Balaban J connectivity index is 1.84. The molecule has 0 fully saturated rings. The maximum absolute atomic E-state index is 13.1. The Hall–Kier alpha value is -3.64. The second kappa shape index (κ2) is 10.8. The van der Waals surface area contributed by atoms with Crippen molar-refractivity contribution in [3.05, 3.63) is 71.3 Å². The predicted molar refractivity (Wildman–Crippen MR) is 121 cm³/mol. The third-order valence-electron chi connectivity index (χ3n) is 5.22. The molecule has 0 radical (unpaired) electrons. The van der Waals surface area contributed by atoms with E-state index in [1.807, 2.05) is 32.9 Å². The van der Waals surface area contributed by atoms with Crippen LogP contribution in [0, 0.1) is 0 Å². The zero-order valence-electron chi connectivity index (χ0n) is 20.2. The van der Waals surface area contributed by atoms with E-state index in [0.29, 0.717) is 10.2 Å². The summed E-state index contributed by atoms with van der Waals surface area (Å²) in [5.74, 6) is -0.723. The highest BCUT2D eigenvalue weighted by Gasteiger charge is 2.32. The molecule has 0 aliphatic rings. The van der Waals surface area contributed by atoms with Crippen LogP contribution in [0.5, 0.6) is 5.75 Å². The first kappa shape index (κ1) is 27.9. The Morgan fingerprint density at radius 3 is 2.19 bits per heavy atom. The van der Waals surface area contributed by atoms with Gasteiger partial charge in [0.15, 0.2) is 6.61 Å². The summed E-state index contributed by atoms with van der Waals surface area (Å²) in [4.78, 5) is 16.9. The number of aromatic nitrogens is 4. The number of halogens is 6.